The maximum Gasteiger partial charge on any atom is 0.276 e. The largest absolute Gasteiger partial charge is 0.493 e. The number of hydrogen-bond donors (Lipinski definition) is 1. The predicted molar refractivity (Wildman–Crippen MR) is 91.6 cm³/mol. The Morgan fingerprint density at radius 2 is 1.83 bits per heavy atom. The molecular formula is C15H15BrN2O4S. The average molecular weight is 399 g/mol. The highest BCUT2D eigenvalue weighted by Crippen LogP contribution is 2.33. The second-order valence-corrected chi connectivity index (χ2v) is 6.97. The first kappa shape index (κ1) is 17.3. The van der Waals surface area contributed by atoms with Crippen LogP contribution in [0.15, 0.2) is 56.9 Å². The van der Waals surface area contributed by atoms with Crippen molar-refractivity contribution in [2.45, 2.75) is 4.90 Å². The topological polar surface area (TPSA) is 77.0 Å². The number of hydrogen-bond acceptors (Lipinski definition) is 5. The van der Waals surface area contributed by atoms with E-state index in [0.29, 0.717) is 17.1 Å². The highest BCUT2D eigenvalue weighted by molar-refractivity contribution is 9.10. The van der Waals surface area contributed by atoms with Crippen LogP contribution in [0.1, 0.15) is 5.56 Å². The molecule has 0 aliphatic rings. The molecule has 2 aromatic rings. The zero-order valence-electron chi connectivity index (χ0n) is 12.5. The van der Waals surface area contributed by atoms with Gasteiger partial charge in [0.1, 0.15) is 0 Å². The van der Waals surface area contributed by atoms with E-state index in [1.54, 1.807) is 30.3 Å². The summed E-state index contributed by atoms with van der Waals surface area (Å²) in [6.07, 6.45) is 1.35. The number of benzene rings is 2. The Morgan fingerprint density at radius 1 is 1.13 bits per heavy atom. The first-order valence-electron chi connectivity index (χ1n) is 6.49. The molecule has 0 aliphatic carbocycles. The Balaban J connectivity index is 2.26. The van der Waals surface area contributed by atoms with Crippen molar-refractivity contribution >= 4 is 32.2 Å². The van der Waals surface area contributed by atoms with Crippen molar-refractivity contribution in [2.75, 3.05) is 14.2 Å². The highest BCUT2D eigenvalue weighted by Gasteiger charge is 2.13. The molecule has 2 rings (SSSR count). The van der Waals surface area contributed by atoms with Gasteiger partial charge in [-0.05, 0) is 24.3 Å². The number of nitrogens with one attached hydrogen (secondary N) is 1. The van der Waals surface area contributed by atoms with Crippen molar-refractivity contribution in [1.29, 1.82) is 0 Å². The summed E-state index contributed by atoms with van der Waals surface area (Å²) in [4.78, 5) is 2.30. The fourth-order valence-electron chi connectivity index (χ4n) is 1.87. The van der Waals surface area contributed by atoms with E-state index >= 15 is 0 Å². The molecule has 23 heavy (non-hydrogen) atoms. The van der Waals surface area contributed by atoms with Crippen LogP contribution in [0.5, 0.6) is 11.5 Å². The van der Waals surface area contributed by atoms with Crippen LogP contribution in [0.4, 0.5) is 0 Å². The van der Waals surface area contributed by atoms with Crippen LogP contribution >= 0.6 is 15.9 Å². The molecule has 0 radical (unpaired) electrons. The number of sulfonamides is 1. The zero-order valence-corrected chi connectivity index (χ0v) is 14.9. The van der Waals surface area contributed by atoms with Gasteiger partial charge in [-0.3, -0.25) is 0 Å². The summed E-state index contributed by atoms with van der Waals surface area (Å²) in [5.74, 6) is 0.965. The second kappa shape index (κ2) is 7.47. The molecule has 0 saturated heterocycles. The molecule has 2 aromatic carbocycles. The van der Waals surface area contributed by atoms with Crippen LogP contribution in [-0.2, 0) is 10.0 Å². The number of ether oxygens (including phenoxy) is 2. The van der Waals surface area contributed by atoms with Crippen molar-refractivity contribution in [1.82, 2.24) is 4.83 Å². The highest BCUT2D eigenvalue weighted by atomic mass is 79.9. The van der Waals surface area contributed by atoms with Crippen LogP contribution in [-0.4, -0.2) is 28.9 Å². The van der Waals surface area contributed by atoms with Gasteiger partial charge in [-0.15, -0.1) is 0 Å². The minimum absolute atomic E-state index is 0.135. The Kier molecular flexibility index (Phi) is 5.62. The molecule has 0 saturated carbocycles. The van der Waals surface area contributed by atoms with Gasteiger partial charge in [0.25, 0.3) is 10.0 Å². The Labute approximate surface area is 143 Å². The Bertz CT molecular complexity index is 808. The lowest BCUT2D eigenvalue weighted by molar-refractivity contribution is 0.354. The predicted octanol–water partition coefficient (Wildman–Crippen LogP) is 2.78. The summed E-state index contributed by atoms with van der Waals surface area (Å²) in [5, 5.41) is 3.80. The van der Waals surface area contributed by atoms with Gasteiger partial charge in [-0.1, -0.05) is 34.1 Å². The van der Waals surface area contributed by atoms with Gasteiger partial charge >= 0.3 is 0 Å². The normalized spacial score (nSPS) is 11.4. The van der Waals surface area contributed by atoms with E-state index in [-0.39, 0.29) is 4.90 Å². The Morgan fingerprint density at radius 3 is 2.43 bits per heavy atom. The van der Waals surface area contributed by atoms with Gasteiger partial charge in [0.2, 0.25) is 0 Å². The van der Waals surface area contributed by atoms with E-state index in [1.807, 2.05) is 0 Å². The molecule has 0 atom stereocenters. The molecule has 0 aromatic heterocycles. The van der Waals surface area contributed by atoms with Gasteiger partial charge in [-0.2, -0.15) is 13.5 Å². The van der Waals surface area contributed by atoms with Crippen LogP contribution in [0.2, 0.25) is 0 Å². The van der Waals surface area contributed by atoms with Gasteiger partial charge in [0, 0.05) is 10.0 Å². The summed E-state index contributed by atoms with van der Waals surface area (Å²) in [5.41, 5.74) is 0.564. The first-order valence-corrected chi connectivity index (χ1v) is 8.77. The fraction of sp³-hybridized carbons (Fsp3) is 0.133. The third-order valence-corrected chi connectivity index (χ3v) is 4.60. The van der Waals surface area contributed by atoms with Crippen LogP contribution < -0.4 is 14.3 Å². The van der Waals surface area contributed by atoms with E-state index in [0.717, 1.165) is 4.47 Å². The van der Waals surface area contributed by atoms with E-state index in [1.165, 1.54) is 32.6 Å². The molecule has 0 spiro atoms. The number of hydrazone groups is 1. The summed E-state index contributed by atoms with van der Waals surface area (Å²) in [6, 6.07) is 11.5. The SMILES string of the molecule is COc1cc(Br)cc(/C=N/NS(=O)(=O)c2ccccc2)c1OC. The summed E-state index contributed by atoms with van der Waals surface area (Å²) >= 11 is 3.35. The maximum absolute atomic E-state index is 12.1. The van der Waals surface area contributed by atoms with Crippen LogP contribution in [0.3, 0.4) is 0 Å². The molecule has 122 valence electrons. The first-order chi connectivity index (χ1) is 11.0. The fourth-order valence-corrected chi connectivity index (χ4v) is 3.14. The number of nitrogens with zero attached hydrogens (tertiary/aromatic N) is 1. The quantitative estimate of drug-likeness (QED) is 0.599. The molecule has 0 unspecified atom stereocenters. The van der Waals surface area contributed by atoms with Gasteiger partial charge in [-0.25, -0.2) is 4.83 Å². The summed E-state index contributed by atoms with van der Waals surface area (Å²) < 4.78 is 35.4. The van der Waals surface area contributed by atoms with Crippen molar-refractivity contribution in [3.05, 3.63) is 52.5 Å². The standard InChI is InChI=1S/C15H15BrN2O4S/c1-21-14-9-12(16)8-11(15(14)22-2)10-17-18-23(19,20)13-6-4-3-5-7-13/h3-10,18H,1-2H3/b17-10+. The zero-order chi connectivity index (χ0) is 16.9. The van der Waals surface area contributed by atoms with Crippen LogP contribution in [0.25, 0.3) is 0 Å². The molecule has 1 N–H and O–H groups in total. The van der Waals surface area contributed by atoms with Crippen LogP contribution in [0, 0.1) is 0 Å². The summed E-state index contributed by atoms with van der Waals surface area (Å²) in [6.45, 7) is 0. The number of methoxy groups -OCH3 is 2. The number of rotatable bonds is 6. The molecule has 8 heteroatoms. The minimum atomic E-state index is -3.71. The number of halogens is 1. The minimum Gasteiger partial charge on any atom is -0.493 e. The monoisotopic (exact) mass is 398 g/mol. The van der Waals surface area contributed by atoms with Crippen molar-refractivity contribution < 1.29 is 17.9 Å². The van der Waals surface area contributed by atoms with Gasteiger partial charge in [0.15, 0.2) is 11.5 Å². The Hall–Kier alpha value is -2.06. The molecule has 0 aliphatic heterocycles. The smallest absolute Gasteiger partial charge is 0.276 e. The third-order valence-electron chi connectivity index (χ3n) is 2.90. The molecule has 0 heterocycles. The van der Waals surface area contributed by atoms with Gasteiger partial charge in [0.05, 0.1) is 25.3 Å². The lowest BCUT2D eigenvalue weighted by Gasteiger charge is -2.11. The van der Waals surface area contributed by atoms with E-state index in [9.17, 15) is 8.42 Å². The lowest BCUT2D eigenvalue weighted by atomic mass is 10.2. The third kappa shape index (κ3) is 4.23. The molecule has 0 amide bonds. The summed E-state index contributed by atoms with van der Waals surface area (Å²) in [7, 11) is -0.693. The molecule has 0 fully saturated rings. The lowest BCUT2D eigenvalue weighted by Crippen LogP contribution is -2.18. The average Bonchev–Trinajstić information content (AvgIpc) is 2.55. The second-order valence-electron chi connectivity index (χ2n) is 4.40. The van der Waals surface area contributed by atoms with Crippen molar-refractivity contribution in [3.63, 3.8) is 0 Å². The molecular weight excluding hydrogens is 384 g/mol. The van der Waals surface area contributed by atoms with Crippen molar-refractivity contribution in [3.8, 4) is 11.5 Å². The van der Waals surface area contributed by atoms with E-state index < -0.39 is 10.0 Å². The maximum atomic E-state index is 12.1. The van der Waals surface area contributed by atoms with E-state index in [2.05, 4.69) is 25.9 Å². The van der Waals surface area contributed by atoms with E-state index in [4.69, 9.17) is 9.47 Å². The molecule has 6 nitrogen and oxygen atoms in total. The van der Waals surface area contributed by atoms with Gasteiger partial charge < -0.3 is 9.47 Å². The van der Waals surface area contributed by atoms with Crippen molar-refractivity contribution in [2.24, 2.45) is 5.10 Å². The molecule has 0 bridgehead atoms.